The zero-order valence-corrected chi connectivity index (χ0v) is 13.7. The fraction of sp³-hybridized carbons (Fsp3) is 0.438. The van der Waals surface area contributed by atoms with Crippen LogP contribution in [-0.2, 0) is 20.9 Å². The van der Waals surface area contributed by atoms with E-state index in [0.29, 0.717) is 17.8 Å². The first-order chi connectivity index (χ1) is 10.7. The van der Waals surface area contributed by atoms with Crippen molar-refractivity contribution < 1.29 is 14.3 Å². The molecule has 0 N–H and O–H groups in total. The minimum absolute atomic E-state index is 0.111. The van der Waals surface area contributed by atoms with Crippen molar-refractivity contribution in [2.75, 3.05) is 7.11 Å². The number of hydrogen-bond acceptors (Lipinski definition) is 4. The number of aromatic nitrogens is 1. The molecule has 0 unspecified atom stereocenters. The van der Waals surface area contributed by atoms with E-state index in [4.69, 9.17) is 0 Å². The van der Waals surface area contributed by atoms with E-state index in [1.165, 1.54) is 18.4 Å². The highest BCUT2D eigenvalue weighted by molar-refractivity contribution is 7.16. The highest BCUT2D eigenvalue weighted by atomic mass is 32.1. The number of para-hydroxylation sites is 1. The summed E-state index contributed by atoms with van der Waals surface area (Å²) in [6, 6.07) is 7.85. The zero-order valence-electron chi connectivity index (χ0n) is 12.9. The SMILES string of the molecule is CCCCC(=O)N=c1sc2ccccc2n1CCC(=O)OC. The van der Waals surface area contributed by atoms with Gasteiger partial charge in [-0.1, -0.05) is 36.8 Å². The number of nitrogens with zero attached hydrogens (tertiary/aromatic N) is 2. The lowest BCUT2D eigenvalue weighted by Gasteiger charge is -2.04. The molecule has 1 aromatic carbocycles. The van der Waals surface area contributed by atoms with Crippen molar-refractivity contribution in [3.63, 3.8) is 0 Å². The number of fused-ring (bicyclic) bond motifs is 1. The van der Waals surface area contributed by atoms with Gasteiger partial charge in [0.05, 0.1) is 23.7 Å². The number of unbranched alkanes of at least 4 members (excludes halogenated alkanes) is 1. The molecule has 2 aromatic rings. The topological polar surface area (TPSA) is 60.7 Å². The Morgan fingerprint density at radius 1 is 1.27 bits per heavy atom. The fourth-order valence-electron chi connectivity index (χ4n) is 2.12. The standard InChI is InChI=1S/C16H20N2O3S/c1-3-4-9-14(19)17-16-18(11-10-15(20)21-2)12-7-5-6-8-13(12)22-16/h5-8H,3-4,9-11H2,1-2H3. The average Bonchev–Trinajstić information content (AvgIpc) is 2.87. The van der Waals surface area contributed by atoms with Gasteiger partial charge in [-0.3, -0.25) is 9.59 Å². The van der Waals surface area contributed by atoms with Crippen molar-refractivity contribution in [1.82, 2.24) is 4.57 Å². The van der Waals surface area contributed by atoms with E-state index in [-0.39, 0.29) is 18.3 Å². The number of carbonyl (C=O) groups excluding carboxylic acids is 2. The van der Waals surface area contributed by atoms with Crippen LogP contribution in [0.1, 0.15) is 32.6 Å². The molecule has 5 nitrogen and oxygen atoms in total. The van der Waals surface area contributed by atoms with Crippen molar-refractivity contribution in [2.45, 2.75) is 39.2 Å². The summed E-state index contributed by atoms with van der Waals surface area (Å²) in [6.07, 6.45) is 2.53. The van der Waals surface area contributed by atoms with E-state index >= 15 is 0 Å². The second-order valence-electron chi connectivity index (χ2n) is 4.94. The lowest BCUT2D eigenvalue weighted by atomic mass is 10.2. The van der Waals surface area contributed by atoms with Crippen LogP contribution in [0.5, 0.6) is 0 Å². The van der Waals surface area contributed by atoms with E-state index in [1.54, 1.807) is 0 Å². The molecule has 0 atom stereocenters. The largest absolute Gasteiger partial charge is 0.469 e. The summed E-state index contributed by atoms with van der Waals surface area (Å²) in [6.45, 7) is 2.50. The van der Waals surface area contributed by atoms with Crippen molar-refractivity contribution in [3.05, 3.63) is 29.1 Å². The normalized spacial score (nSPS) is 11.8. The third-order valence-electron chi connectivity index (χ3n) is 3.32. The van der Waals surface area contributed by atoms with Crippen LogP contribution in [0.25, 0.3) is 10.2 Å². The van der Waals surface area contributed by atoms with Crippen LogP contribution in [-0.4, -0.2) is 23.6 Å². The van der Waals surface area contributed by atoms with E-state index in [0.717, 1.165) is 23.1 Å². The second kappa shape index (κ2) is 7.89. The van der Waals surface area contributed by atoms with Gasteiger partial charge in [-0.05, 0) is 18.6 Å². The van der Waals surface area contributed by atoms with Gasteiger partial charge in [0.15, 0.2) is 4.80 Å². The summed E-state index contributed by atoms with van der Waals surface area (Å²) in [7, 11) is 1.37. The molecule has 0 aliphatic carbocycles. The smallest absolute Gasteiger partial charge is 0.307 e. The van der Waals surface area contributed by atoms with Crippen LogP contribution in [0.15, 0.2) is 29.3 Å². The van der Waals surface area contributed by atoms with Crippen LogP contribution in [0.4, 0.5) is 0 Å². The minimum Gasteiger partial charge on any atom is -0.469 e. The van der Waals surface area contributed by atoms with Gasteiger partial charge >= 0.3 is 5.97 Å². The Morgan fingerprint density at radius 2 is 2.05 bits per heavy atom. The molecule has 2 rings (SSSR count). The summed E-state index contributed by atoms with van der Waals surface area (Å²) >= 11 is 1.47. The van der Waals surface area contributed by atoms with Crippen LogP contribution < -0.4 is 4.80 Å². The molecule has 0 aliphatic heterocycles. The number of carbonyl (C=O) groups is 2. The van der Waals surface area contributed by atoms with Crippen molar-refractivity contribution in [1.29, 1.82) is 0 Å². The van der Waals surface area contributed by atoms with Crippen LogP contribution in [0.3, 0.4) is 0 Å². The molecule has 0 spiro atoms. The number of hydrogen-bond donors (Lipinski definition) is 0. The average molecular weight is 320 g/mol. The molecular formula is C16H20N2O3S. The highest BCUT2D eigenvalue weighted by Gasteiger charge is 2.09. The van der Waals surface area contributed by atoms with Crippen LogP contribution in [0, 0.1) is 0 Å². The van der Waals surface area contributed by atoms with Crippen LogP contribution >= 0.6 is 11.3 Å². The number of rotatable bonds is 6. The maximum atomic E-state index is 11.9. The molecule has 1 heterocycles. The van der Waals surface area contributed by atoms with Crippen molar-refractivity contribution >= 4 is 33.4 Å². The zero-order chi connectivity index (χ0) is 15.9. The minimum atomic E-state index is -0.272. The Bertz CT molecular complexity index is 730. The van der Waals surface area contributed by atoms with Gasteiger partial charge in [-0.15, -0.1) is 0 Å². The van der Waals surface area contributed by atoms with Gasteiger partial charge in [0.1, 0.15) is 0 Å². The second-order valence-corrected chi connectivity index (χ2v) is 5.95. The predicted octanol–water partition coefficient (Wildman–Crippen LogP) is 2.88. The maximum absolute atomic E-state index is 11.9. The maximum Gasteiger partial charge on any atom is 0.307 e. The lowest BCUT2D eigenvalue weighted by molar-refractivity contribution is -0.140. The molecule has 0 saturated carbocycles. The van der Waals surface area contributed by atoms with Gasteiger partial charge in [-0.2, -0.15) is 4.99 Å². The number of methoxy groups -OCH3 is 1. The first-order valence-electron chi connectivity index (χ1n) is 7.38. The number of benzene rings is 1. The van der Waals surface area contributed by atoms with Crippen molar-refractivity contribution in [3.8, 4) is 0 Å². The summed E-state index contributed by atoms with van der Waals surface area (Å²) < 4.78 is 7.66. The Balaban J connectivity index is 2.37. The summed E-state index contributed by atoms with van der Waals surface area (Å²) in [5.74, 6) is -0.383. The molecule has 0 aliphatic rings. The van der Waals surface area contributed by atoms with Gasteiger partial charge < -0.3 is 9.30 Å². The molecule has 22 heavy (non-hydrogen) atoms. The Kier molecular flexibility index (Phi) is 5.89. The summed E-state index contributed by atoms with van der Waals surface area (Å²) in [5.41, 5.74) is 0.985. The summed E-state index contributed by atoms with van der Waals surface area (Å²) in [5, 5.41) is 0. The van der Waals surface area contributed by atoms with E-state index in [1.807, 2.05) is 35.8 Å². The first kappa shape index (κ1) is 16.4. The molecule has 118 valence electrons. The Morgan fingerprint density at radius 3 is 2.77 bits per heavy atom. The molecule has 0 bridgehead atoms. The predicted molar refractivity (Wildman–Crippen MR) is 86.5 cm³/mol. The quantitative estimate of drug-likeness (QED) is 0.769. The molecule has 1 amide bonds. The van der Waals surface area contributed by atoms with E-state index in [2.05, 4.69) is 9.73 Å². The number of thiazole rings is 1. The lowest BCUT2D eigenvalue weighted by Crippen LogP contribution is -2.19. The fourth-order valence-corrected chi connectivity index (χ4v) is 3.19. The number of aryl methyl sites for hydroxylation is 1. The molecule has 0 saturated heterocycles. The molecule has 6 heteroatoms. The van der Waals surface area contributed by atoms with Gasteiger partial charge in [0.25, 0.3) is 0 Å². The van der Waals surface area contributed by atoms with Crippen LogP contribution in [0.2, 0.25) is 0 Å². The third kappa shape index (κ3) is 4.04. The van der Waals surface area contributed by atoms with Gasteiger partial charge in [0.2, 0.25) is 5.91 Å². The highest BCUT2D eigenvalue weighted by Crippen LogP contribution is 2.17. The van der Waals surface area contributed by atoms with Crippen molar-refractivity contribution in [2.24, 2.45) is 4.99 Å². The molecular weight excluding hydrogens is 300 g/mol. The Hall–Kier alpha value is -1.95. The van der Waals surface area contributed by atoms with Gasteiger partial charge in [-0.25, -0.2) is 0 Å². The monoisotopic (exact) mass is 320 g/mol. The Labute approximate surface area is 133 Å². The molecule has 1 aromatic heterocycles. The number of esters is 1. The van der Waals surface area contributed by atoms with E-state index in [9.17, 15) is 9.59 Å². The molecule has 0 radical (unpaired) electrons. The number of ether oxygens (including phenoxy) is 1. The number of amides is 1. The van der Waals surface area contributed by atoms with Gasteiger partial charge in [0, 0.05) is 13.0 Å². The first-order valence-corrected chi connectivity index (χ1v) is 8.20. The summed E-state index contributed by atoms with van der Waals surface area (Å²) in [4.78, 5) is 28.2. The molecule has 0 fully saturated rings. The van der Waals surface area contributed by atoms with E-state index < -0.39 is 0 Å². The third-order valence-corrected chi connectivity index (χ3v) is 4.38.